The topological polar surface area (TPSA) is 61.2 Å². The number of imidazole rings is 1. The molecule has 0 amide bonds. The van der Waals surface area contributed by atoms with E-state index in [4.69, 9.17) is 9.47 Å². The predicted octanol–water partition coefficient (Wildman–Crippen LogP) is 0.335. The van der Waals surface area contributed by atoms with Crippen molar-refractivity contribution in [1.29, 1.82) is 0 Å². The number of ether oxygens (including phenoxy) is 2. The molecule has 6 heteroatoms. The van der Waals surface area contributed by atoms with Gasteiger partial charge >= 0.3 is 0 Å². The van der Waals surface area contributed by atoms with Gasteiger partial charge < -0.3 is 19.4 Å². The van der Waals surface area contributed by atoms with E-state index in [-0.39, 0.29) is 6.10 Å². The van der Waals surface area contributed by atoms with Crippen LogP contribution in [0.15, 0.2) is 18.6 Å². The van der Waals surface area contributed by atoms with Crippen LogP contribution in [0.5, 0.6) is 5.88 Å². The number of nitrogens with one attached hydrogen (secondary N) is 1. The van der Waals surface area contributed by atoms with Crippen LogP contribution in [0, 0.1) is 0 Å². The van der Waals surface area contributed by atoms with Gasteiger partial charge in [0.15, 0.2) is 5.52 Å². The molecule has 0 aliphatic carbocycles. The maximum Gasteiger partial charge on any atom is 0.242 e. The van der Waals surface area contributed by atoms with E-state index >= 15 is 0 Å². The van der Waals surface area contributed by atoms with Crippen molar-refractivity contribution in [3.05, 3.63) is 18.6 Å². The van der Waals surface area contributed by atoms with Crippen molar-refractivity contribution in [2.24, 2.45) is 7.05 Å². The second-order valence-corrected chi connectivity index (χ2v) is 4.35. The summed E-state index contributed by atoms with van der Waals surface area (Å²) in [5.41, 5.74) is 1.81. The fourth-order valence-corrected chi connectivity index (χ4v) is 2.04. The van der Waals surface area contributed by atoms with Gasteiger partial charge in [-0.05, 0) is 6.07 Å². The van der Waals surface area contributed by atoms with Gasteiger partial charge in [0.25, 0.3) is 0 Å². The highest BCUT2D eigenvalue weighted by molar-refractivity contribution is 5.79. The number of nitrogens with zero attached hydrogens (tertiary/aromatic N) is 3. The molecule has 1 unspecified atom stereocenters. The lowest BCUT2D eigenvalue weighted by molar-refractivity contribution is -0.000422. The van der Waals surface area contributed by atoms with Gasteiger partial charge in [-0.3, -0.25) is 0 Å². The van der Waals surface area contributed by atoms with E-state index < -0.39 is 0 Å². The van der Waals surface area contributed by atoms with Gasteiger partial charge in [0.1, 0.15) is 12.7 Å². The highest BCUT2D eigenvalue weighted by Gasteiger charge is 2.15. The number of morpholine rings is 1. The number of aryl methyl sites for hydroxylation is 1. The number of aromatic nitrogens is 3. The SMILES string of the molecule is Cn1cnc2c(OCC3CNCCO3)nccc21. The van der Waals surface area contributed by atoms with Gasteiger partial charge in [0.2, 0.25) is 5.88 Å². The maximum absolute atomic E-state index is 5.72. The lowest BCUT2D eigenvalue weighted by atomic mass is 10.3. The zero-order valence-corrected chi connectivity index (χ0v) is 10.3. The average molecular weight is 248 g/mol. The Bertz CT molecular complexity index is 534. The molecular formula is C12H16N4O2. The molecule has 0 aromatic carbocycles. The summed E-state index contributed by atoms with van der Waals surface area (Å²) in [6.07, 6.45) is 3.58. The van der Waals surface area contributed by atoms with E-state index in [1.54, 1.807) is 12.5 Å². The molecule has 0 spiro atoms. The predicted molar refractivity (Wildman–Crippen MR) is 66.6 cm³/mol. The minimum Gasteiger partial charge on any atom is -0.473 e. The summed E-state index contributed by atoms with van der Waals surface area (Å²) in [6, 6.07) is 1.92. The second-order valence-electron chi connectivity index (χ2n) is 4.35. The van der Waals surface area contributed by atoms with Crippen LogP contribution in [0.4, 0.5) is 0 Å². The minimum atomic E-state index is 0.0829. The fourth-order valence-electron chi connectivity index (χ4n) is 2.04. The number of hydrogen-bond donors (Lipinski definition) is 1. The molecule has 1 fully saturated rings. The highest BCUT2D eigenvalue weighted by Crippen LogP contribution is 2.20. The van der Waals surface area contributed by atoms with E-state index in [0.29, 0.717) is 12.5 Å². The summed E-state index contributed by atoms with van der Waals surface area (Å²) in [5, 5.41) is 3.27. The molecule has 6 nitrogen and oxygen atoms in total. The molecule has 1 aliphatic rings. The van der Waals surface area contributed by atoms with Crippen LogP contribution < -0.4 is 10.1 Å². The van der Waals surface area contributed by atoms with Crippen molar-refractivity contribution < 1.29 is 9.47 Å². The molecule has 1 N–H and O–H groups in total. The first-order valence-corrected chi connectivity index (χ1v) is 6.06. The third-order valence-corrected chi connectivity index (χ3v) is 3.02. The molecule has 0 saturated carbocycles. The Morgan fingerprint density at radius 1 is 1.56 bits per heavy atom. The molecule has 3 heterocycles. The molecule has 96 valence electrons. The largest absolute Gasteiger partial charge is 0.473 e. The van der Waals surface area contributed by atoms with E-state index in [0.717, 1.165) is 30.7 Å². The van der Waals surface area contributed by atoms with E-state index in [2.05, 4.69) is 15.3 Å². The number of fused-ring (bicyclic) bond motifs is 1. The summed E-state index contributed by atoms with van der Waals surface area (Å²) in [5.74, 6) is 0.572. The Morgan fingerprint density at radius 2 is 2.50 bits per heavy atom. The quantitative estimate of drug-likeness (QED) is 0.848. The van der Waals surface area contributed by atoms with Gasteiger partial charge in [-0.2, -0.15) is 0 Å². The van der Waals surface area contributed by atoms with Crippen molar-refractivity contribution in [1.82, 2.24) is 19.9 Å². The second kappa shape index (κ2) is 4.91. The van der Waals surface area contributed by atoms with Crippen LogP contribution >= 0.6 is 0 Å². The maximum atomic E-state index is 5.72. The van der Waals surface area contributed by atoms with Gasteiger partial charge in [0, 0.05) is 26.3 Å². The Hall–Kier alpha value is -1.66. The van der Waals surface area contributed by atoms with Crippen LogP contribution in [0.2, 0.25) is 0 Å². The summed E-state index contributed by atoms with van der Waals surface area (Å²) in [4.78, 5) is 8.53. The number of rotatable bonds is 3. The summed E-state index contributed by atoms with van der Waals surface area (Å²) >= 11 is 0. The Kier molecular flexibility index (Phi) is 3.12. The molecule has 0 radical (unpaired) electrons. The number of pyridine rings is 1. The van der Waals surface area contributed by atoms with E-state index in [1.807, 2.05) is 17.7 Å². The number of hydrogen-bond acceptors (Lipinski definition) is 5. The Balaban J connectivity index is 1.74. The van der Waals surface area contributed by atoms with Crippen LogP contribution in [0.25, 0.3) is 11.0 Å². The van der Waals surface area contributed by atoms with Gasteiger partial charge in [-0.1, -0.05) is 0 Å². The van der Waals surface area contributed by atoms with Crippen LogP contribution in [0.3, 0.4) is 0 Å². The average Bonchev–Trinajstić information content (AvgIpc) is 2.80. The van der Waals surface area contributed by atoms with Crippen LogP contribution in [-0.4, -0.2) is 46.9 Å². The van der Waals surface area contributed by atoms with Crippen LogP contribution in [-0.2, 0) is 11.8 Å². The first-order valence-electron chi connectivity index (χ1n) is 6.06. The van der Waals surface area contributed by atoms with Gasteiger partial charge in [0.05, 0.1) is 18.5 Å². The molecule has 2 aromatic heterocycles. The van der Waals surface area contributed by atoms with Gasteiger partial charge in [-0.15, -0.1) is 0 Å². The van der Waals surface area contributed by atoms with Crippen molar-refractivity contribution >= 4 is 11.0 Å². The molecule has 3 rings (SSSR count). The molecule has 1 saturated heterocycles. The standard InChI is InChI=1S/C12H16N4O2/c1-16-8-15-11-10(16)2-3-14-12(11)18-7-9-6-13-4-5-17-9/h2-3,8-9,13H,4-7H2,1H3. The third kappa shape index (κ3) is 2.16. The fraction of sp³-hybridized carbons (Fsp3) is 0.500. The first kappa shape index (κ1) is 11.4. The van der Waals surface area contributed by atoms with E-state index in [1.165, 1.54) is 0 Å². The monoisotopic (exact) mass is 248 g/mol. The first-order chi connectivity index (χ1) is 8.84. The molecular weight excluding hydrogens is 232 g/mol. The zero-order valence-electron chi connectivity index (χ0n) is 10.3. The molecule has 18 heavy (non-hydrogen) atoms. The van der Waals surface area contributed by atoms with E-state index in [9.17, 15) is 0 Å². The highest BCUT2D eigenvalue weighted by atomic mass is 16.5. The normalized spacial score (nSPS) is 20.2. The van der Waals surface area contributed by atoms with Crippen LogP contribution in [0.1, 0.15) is 0 Å². The smallest absolute Gasteiger partial charge is 0.242 e. The molecule has 1 atom stereocenters. The lowest BCUT2D eigenvalue weighted by Gasteiger charge is -2.23. The van der Waals surface area contributed by atoms with Crippen molar-refractivity contribution in [2.45, 2.75) is 6.10 Å². The lowest BCUT2D eigenvalue weighted by Crippen LogP contribution is -2.41. The van der Waals surface area contributed by atoms with Gasteiger partial charge in [-0.25, -0.2) is 9.97 Å². The summed E-state index contributed by atoms with van der Waals surface area (Å²) in [7, 11) is 1.95. The van der Waals surface area contributed by atoms with Crippen molar-refractivity contribution in [3.8, 4) is 5.88 Å². The zero-order chi connectivity index (χ0) is 12.4. The van der Waals surface area contributed by atoms with Crippen molar-refractivity contribution in [2.75, 3.05) is 26.3 Å². The molecule has 0 bridgehead atoms. The van der Waals surface area contributed by atoms with Crippen molar-refractivity contribution in [3.63, 3.8) is 0 Å². The minimum absolute atomic E-state index is 0.0829. The third-order valence-electron chi connectivity index (χ3n) is 3.02. The molecule has 2 aromatic rings. The summed E-state index contributed by atoms with van der Waals surface area (Å²) in [6.45, 7) is 2.95. The molecule has 1 aliphatic heterocycles. The summed E-state index contributed by atoms with van der Waals surface area (Å²) < 4.78 is 13.2. The Morgan fingerprint density at radius 3 is 3.33 bits per heavy atom. The Labute approximate surface area is 105 Å².